The predicted octanol–water partition coefficient (Wildman–Crippen LogP) is 4.15. The van der Waals surface area contributed by atoms with E-state index in [0.29, 0.717) is 0 Å². The molecule has 2 rings (SSSR count). The molecule has 2 heterocycles. The highest BCUT2D eigenvalue weighted by atomic mass is 16.3. The molecule has 0 atom stereocenters. The van der Waals surface area contributed by atoms with Gasteiger partial charge in [0.15, 0.2) is 5.58 Å². The topological polar surface area (TPSA) is 26.0 Å². The van der Waals surface area contributed by atoms with Crippen LogP contribution >= 0.6 is 0 Å². The van der Waals surface area contributed by atoms with Gasteiger partial charge in [0, 0.05) is 17.1 Å². The van der Waals surface area contributed by atoms with Gasteiger partial charge in [-0.2, -0.15) is 0 Å². The van der Waals surface area contributed by atoms with E-state index in [1.54, 1.807) is 12.4 Å². The lowest BCUT2D eigenvalue weighted by atomic mass is 9.87. The second-order valence-electron chi connectivity index (χ2n) is 4.27. The smallest absolute Gasteiger partial charge is 0.152 e. The maximum Gasteiger partial charge on any atom is 0.152 e. The molecular formula is C13H19NO. The number of nitrogens with zero attached hydrogens (tertiary/aromatic N) is 1. The van der Waals surface area contributed by atoms with Crippen LogP contribution in [0, 0.1) is 0 Å². The third-order valence-corrected chi connectivity index (χ3v) is 2.19. The van der Waals surface area contributed by atoms with E-state index >= 15 is 0 Å². The molecule has 82 valence electrons. The first-order chi connectivity index (χ1) is 7.09. The van der Waals surface area contributed by atoms with Gasteiger partial charge < -0.3 is 4.42 Å². The van der Waals surface area contributed by atoms with E-state index in [0.717, 1.165) is 5.58 Å². The zero-order valence-electron chi connectivity index (χ0n) is 10.2. The number of hydrogen-bond donors (Lipinski definition) is 0. The maximum atomic E-state index is 5.41. The van der Waals surface area contributed by atoms with Gasteiger partial charge in [-0.15, -0.1) is 0 Å². The molecule has 2 nitrogen and oxygen atoms in total. The van der Waals surface area contributed by atoms with Crippen molar-refractivity contribution in [3.8, 4) is 0 Å². The van der Waals surface area contributed by atoms with Crippen LogP contribution in [0.25, 0.3) is 11.0 Å². The van der Waals surface area contributed by atoms with Gasteiger partial charge in [-0.3, -0.25) is 4.98 Å². The number of pyridine rings is 1. The Hall–Kier alpha value is -1.31. The second-order valence-corrected chi connectivity index (χ2v) is 4.27. The summed E-state index contributed by atoms with van der Waals surface area (Å²) in [7, 11) is 0. The predicted molar refractivity (Wildman–Crippen MR) is 64.1 cm³/mol. The first kappa shape index (κ1) is 11.8. The van der Waals surface area contributed by atoms with Gasteiger partial charge in [0.2, 0.25) is 0 Å². The summed E-state index contributed by atoms with van der Waals surface area (Å²) in [4.78, 5) is 4.01. The SMILES string of the molecule is CC.CC(C)(C)c1coc2cnccc12. The molecule has 0 aliphatic carbocycles. The van der Waals surface area contributed by atoms with Crippen LogP contribution in [0.3, 0.4) is 0 Å². The minimum Gasteiger partial charge on any atom is -0.462 e. The molecule has 0 spiro atoms. The number of aromatic nitrogens is 1. The van der Waals surface area contributed by atoms with E-state index in [1.165, 1.54) is 10.9 Å². The van der Waals surface area contributed by atoms with Crippen LogP contribution in [0.2, 0.25) is 0 Å². The first-order valence-corrected chi connectivity index (χ1v) is 5.41. The van der Waals surface area contributed by atoms with Gasteiger partial charge in [-0.25, -0.2) is 0 Å². The number of hydrogen-bond acceptors (Lipinski definition) is 2. The third kappa shape index (κ3) is 2.38. The van der Waals surface area contributed by atoms with E-state index in [4.69, 9.17) is 4.42 Å². The number of furan rings is 1. The van der Waals surface area contributed by atoms with E-state index in [1.807, 2.05) is 26.2 Å². The molecule has 0 radical (unpaired) electrons. The van der Waals surface area contributed by atoms with Crippen molar-refractivity contribution in [2.75, 3.05) is 0 Å². The molecule has 0 aromatic carbocycles. The summed E-state index contributed by atoms with van der Waals surface area (Å²) in [5, 5.41) is 1.17. The average Bonchev–Trinajstić information content (AvgIpc) is 2.63. The summed E-state index contributed by atoms with van der Waals surface area (Å²) in [6, 6.07) is 2.00. The molecule has 2 aromatic rings. The van der Waals surface area contributed by atoms with Crippen LogP contribution < -0.4 is 0 Å². The van der Waals surface area contributed by atoms with Crippen LogP contribution in [-0.4, -0.2) is 4.98 Å². The molecule has 15 heavy (non-hydrogen) atoms. The second kappa shape index (κ2) is 4.47. The van der Waals surface area contributed by atoms with Gasteiger partial charge in [0.05, 0.1) is 12.5 Å². The van der Waals surface area contributed by atoms with Gasteiger partial charge in [0.1, 0.15) is 0 Å². The molecule has 2 heteroatoms. The lowest BCUT2D eigenvalue weighted by Gasteiger charge is -2.16. The summed E-state index contributed by atoms with van der Waals surface area (Å²) < 4.78 is 5.41. The monoisotopic (exact) mass is 205 g/mol. The third-order valence-electron chi connectivity index (χ3n) is 2.19. The van der Waals surface area contributed by atoms with Gasteiger partial charge in [-0.1, -0.05) is 34.6 Å². The van der Waals surface area contributed by atoms with Crippen LogP contribution in [0.5, 0.6) is 0 Å². The fraction of sp³-hybridized carbons (Fsp3) is 0.462. The van der Waals surface area contributed by atoms with Crippen molar-refractivity contribution < 1.29 is 4.42 Å². The standard InChI is InChI=1S/C11H13NO.C2H6/c1-11(2,3)9-7-13-10-6-12-5-4-8(9)10;1-2/h4-7H,1-3H3;1-2H3. The van der Waals surface area contributed by atoms with Gasteiger partial charge in [0.25, 0.3) is 0 Å². The number of fused-ring (bicyclic) bond motifs is 1. The van der Waals surface area contributed by atoms with E-state index in [-0.39, 0.29) is 5.41 Å². The molecule has 0 aliphatic rings. The van der Waals surface area contributed by atoms with Crippen molar-refractivity contribution in [2.45, 2.75) is 40.0 Å². The first-order valence-electron chi connectivity index (χ1n) is 5.41. The highest BCUT2D eigenvalue weighted by molar-refractivity contribution is 5.80. The van der Waals surface area contributed by atoms with Crippen molar-refractivity contribution in [2.24, 2.45) is 0 Å². The lowest BCUT2D eigenvalue weighted by Crippen LogP contribution is -2.09. The van der Waals surface area contributed by atoms with E-state index in [2.05, 4.69) is 25.8 Å². The average molecular weight is 205 g/mol. The molecule has 0 saturated heterocycles. The van der Waals surface area contributed by atoms with Crippen molar-refractivity contribution in [3.63, 3.8) is 0 Å². The molecule has 0 unspecified atom stereocenters. The molecule has 0 saturated carbocycles. The highest BCUT2D eigenvalue weighted by Crippen LogP contribution is 2.30. The molecule has 0 N–H and O–H groups in total. The van der Waals surface area contributed by atoms with Crippen molar-refractivity contribution in [1.29, 1.82) is 0 Å². The van der Waals surface area contributed by atoms with Crippen molar-refractivity contribution in [1.82, 2.24) is 4.98 Å². The van der Waals surface area contributed by atoms with E-state index in [9.17, 15) is 0 Å². The zero-order chi connectivity index (χ0) is 11.5. The Bertz CT molecular complexity index is 423. The Labute approximate surface area is 91.3 Å². The summed E-state index contributed by atoms with van der Waals surface area (Å²) in [5.74, 6) is 0. The Kier molecular flexibility index (Phi) is 3.51. The normalized spacial score (nSPS) is 11.0. The van der Waals surface area contributed by atoms with Crippen molar-refractivity contribution in [3.05, 3.63) is 30.3 Å². The fourth-order valence-electron chi connectivity index (χ4n) is 1.46. The van der Waals surface area contributed by atoms with Gasteiger partial charge >= 0.3 is 0 Å². The minimum atomic E-state index is 0.132. The summed E-state index contributed by atoms with van der Waals surface area (Å²) in [6.07, 6.45) is 5.38. The van der Waals surface area contributed by atoms with Crippen LogP contribution in [0.4, 0.5) is 0 Å². The summed E-state index contributed by atoms with van der Waals surface area (Å²) in [6.45, 7) is 10.5. The molecule has 0 aliphatic heterocycles. The Morgan fingerprint density at radius 2 is 1.87 bits per heavy atom. The molecular weight excluding hydrogens is 186 g/mol. The zero-order valence-corrected chi connectivity index (χ0v) is 10.2. The molecule has 0 bridgehead atoms. The maximum absolute atomic E-state index is 5.41. The highest BCUT2D eigenvalue weighted by Gasteiger charge is 2.18. The van der Waals surface area contributed by atoms with Crippen molar-refractivity contribution >= 4 is 11.0 Å². The molecule has 0 fully saturated rings. The Balaban J connectivity index is 0.000000531. The Morgan fingerprint density at radius 1 is 1.20 bits per heavy atom. The number of rotatable bonds is 0. The lowest BCUT2D eigenvalue weighted by molar-refractivity contribution is 0.557. The largest absolute Gasteiger partial charge is 0.462 e. The van der Waals surface area contributed by atoms with Crippen LogP contribution in [-0.2, 0) is 5.41 Å². The summed E-state index contributed by atoms with van der Waals surface area (Å²) >= 11 is 0. The molecule has 0 amide bonds. The summed E-state index contributed by atoms with van der Waals surface area (Å²) in [5.41, 5.74) is 2.24. The van der Waals surface area contributed by atoms with E-state index < -0.39 is 0 Å². The van der Waals surface area contributed by atoms with Crippen LogP contribution in [0.15, 0.2) is 29.1 Å². The fourth-order valence-corrected chi connectivity index (χ4v) is 1.46. The minimum absolute atomic E-state index is 0.132. The molecule has 2 aromatic heterocycles. The Morgan fingerprint density at radius 3 is 2.47 bits per heavy atom. The van der Waals surface area contributed by atoms with Crippen LogP contribution in [0.1, 0.15) is 40.2 Å². The van der Waals surface area contributed by atoms with Gasteiger partial charge in [-0.05, 0) is 11.5 Å². The quantitative estimate of drug-likeness (QED) is 0.645.